The number of nitrogens with one attached hydrogen (secondary N) is 2. The Balaban J connectivity index is 1.40. The van der Waals surface area contributed by atoms with Gasteiger partial charge in [0.2, 0.25) is 11.9 Å². The van der Waals surface area contributed by atoms with Gasteiger partial charge in [-0.2, -0.15) is 0 Å². The second-order valence-electron chi connectivity index (χ2n) is 7.21. The summed E-state index contributed by atoms with van der Waals surface area (Å²) in [6, 6.07) is 13.8. The van der Waals surface area contributed by atoms with E-state index in [4.69, 9.17) is 16.6 Å². The molecule has 1 aromatic heterocycles. The highest BCUT2D eigenvalue weighted by Crippen LogP contribution is 2.24. The lowest BCUT2D eigenvalue weighted by atomic mass is 9.97. The van der Waals surface area contributed by atoms with E-state index in [1.807, 2.05) is 30.3 Å². The van der Waals surface area contributed by atoms with Crippen molar-refractivity contribution in [1.82, 2.24) is 15.3 Å². The van der Waals surface area contributed by atoms with Gasteiger partial charge in [-0.05, 0) is 55.2 Å². The van der Waals surface area contributed by atoms with Crippen LogP contribution >= 0.6 is 11.6 Å². The Morgan fingerprint density at radius 3 is 2.93 bits per heavy atom. The monoisotopic (exact) mass is 382 g/mol. The summed E-state index contributed by atoms with van der Waals surface area (Å²) in [5.74, 6) is 0.924. The molecule has 0 bridgehead atoms. The van der Waals surface area contributed by atoms with Crippen LogP contribution in [-0.4, -0.2) is 29.0 Å². The van der Waals surface area contributed by atoms with Crippen LogP contribution in [-0.2, 0) is 11.3 Å². The number of anilines is 1. The molecule has 6 heteroatoms. The largest absolute Gasteiger partial charge is 0.352 e. The van der Waals surface area contributed by atoms with Gasteiger partial charge in [0.05, 0.1) is 17.0 Å². The lowest BCUT2D eigenvalue weighted by Crippen LogP contribution is -2.43. The number of H-pyrrole nitrogens is 1. The topological polar surface area (TPSA) is 61.0 Å². The van der Waals surface area contributed by atoms with Gasteiger partial charge < -0.3 is 15.2 Å². The molecule has 4 rings (SSSR count). The van der Waals surface area contributed by atoms with Crippen LogP contribution in [0.4, 0.5) is 5.95 Å². The molecule has 2 aromatic carbocycles. The highest BCUT2D eigenvalue weighted by molar-refractivity contribution is 6.30. The number of aromatic nitrogens is 2. The molecule has 0 radical (unpaired) electrons. The number of hydrogen-bond acceptors (Lipinski definition) is 3. The minimum absolute atomic E-state index is 0.0269. The Kier molecular flexibility index (Phi) is 5.03. The van der Waals surface area contributed by atoms with Crippen LogP contribution in [0.5, 0.6) is 0 Å². The summed E-state index contributed by atoms with van der Waals surface area (Å²) in [6.45, 7) is 4.20. The maximum Gasteiger partial charge on any atom is 0.225 e. The summed E-state index contributed by atoms with van der Waals surface area (Å²) in [7, 11) is 0. The highest BCUT2D eigenvalue weighted by atomic mass is 35.5. The fourth-order valence-corrected chi connectivity index (χ4v) is 3.71. The van der Waals surface area contributed by atoms with E-state index in [0.717, 1.165) is 41.9 Å². The van der Waals surface area contributed by atoms with E-state index in [1.165, 1.54) is 5.56 Å². The molecule has 1 amide bonds. The summed E-state index contributed by atoms with van der Waals surface area (Å²) in [5.41, 5.74) is 4.26. The van der Waals surface area contributed by atoms with Crippen molar-refractivity contribution in [1.29, 1.82) is 0 Å². The third-order valence-corrected chi connectivity index (χ3v) is 5.35. The number of benzene rings is 2. The summed E-state index contributed by atoms with van der Waals surface area (Å²) in [4.78, 5) is 22.9. The van der Waals surface area contributed by atoms with Gasteiger partial charge in [-0.15, -0.1) is 0 Å². The fourth-order valence-electron chi connectivity index (χ4n) is 3.58. The van der Waals surface area contributed by atoms with Gasteiger partial charge in [0.1, 0.15) is 0 Å². The summed E-state index contributed by atoms with van der Waals surface area (Å²) < 4.78 is 0. The van der Waals surface area contributed by atoms with E-state index < -0.39 is 0 Å². The van der Waals surface area contributed by atoms with Crippen molar-refractivity contribution in [2.75, 3.05) is 18.0 Å². The van der Waals surface area contributed by atoms with E-state index in [1.54, 1.807) is 0 Å². The van der Waals surface area contributed by atoms with Crippen LogP contribution in [0.25, 0.3) is 11.0 Å². The van der Waals surface area contributed by atoms with Gasteiger partial charge in [-0.3, -0.25) is 4.79 Å². The predicted molar refractivity (Wildman–Crippen MR) is 109 cm³/mol. The van der Waals surface area contributed by atoms with E-state index in [-0.39, 0.29) is 11.8 Å². The molecule has 27 heavy (non-hydrogen) atoms. The van der Waals surface area contributed by atoms with Crippen LogP contribution < -0.4 is 10.2 Å². The molecule has 1 saturated heterocycles. The predicted octanol–water partition coefficient (Wildman–Crippen LogP) is 4.06. The van der Waals surface area contributed by atoms with Crippen molar-refractivity contribution in [2.45, 2.75) is 26.3 Å². The molecule has 5 nitrogen and oxygen atoms in total. The SMILES string of the molecule is Cc1ccc2nc(N3CCC[C@@H](C(=O)NCc4ccc(Cl)cc4)C3)[nH]c2c1. The summed E-state index contributed by atoms with van der Waals surface area (Å²) in [6.07, 6.45) is 1.89. The quantitative estimate of drug-likeness (QED) is 0.715. The zero-order valence-electron chi connectivity index (χ0n) is 15.3. The van der Waals surface area contributed by atoms with Crippen molar-refractivity contribution in [3.8, 4) is 0 Å². The van der Waals surface area contributed by atoms with Crippen LogP contribution in [0.3, 0.4) is 0 Å². The Morgan fingerprint density at radius 1 is 1.30 bits per heavy atom. The van der Waals surface area contributed by atoms with Crippen LogP contribution in [0, 0.1) is 12.8 Å². The number of fused-ring (bicyclic) bond motifs is 1. The highest BCUT2D eigenvalue weighted by Gasteiger charge is 2.27. The standard InChI is InChI=1S/C21H23ClN4O/c1-14-4-9-18-19(11-14)25-21(24-18)26-10-2-3-16(13-26)20(27)23-12-15-5-7-17(22)8-6-15/h4-9,11,16H,2-3,10,12-13H2,1H3,(H,23,27)(H,24,25)/t16-/m1/s1. The number of carbonyl (C=O) groups is 1. The maximum atomic E-state index is 12.6. The molecule has 3 aromatic rings. The molecule has 1 fully saturated rings. The van der Waals surface area contributed by atoms with Gasteiger partial charge in [-0.1, -0.05) is 29.8 Å². The molecular formula is C21H23ClN4O. The maximum absolute atomic E-state index is 12.6. The molecule has 0 saturated carbocycles. The van der Waals surface area contributed by atoms with E-state index in [2.05, 4.69) is 34.3 Å². The second kappa shape index (κ2) is 7.61. The third kappa shape index (κ3) is 4.08. The molecule has 0 spiro atoms. The van der Waals surface area contributed by atoms with Crippen LogP contribution in [0.1, 0.15) is 24.0 Å². The van der Waals surface area contributed by atoms with Crippen molar-refractivity contribution < 1.29 is 4.79 Å². The zero-order valence-corrected chi connectivity index (χ0v) is 16.1. The van der Waals surface area contributed by atoms with E-state index in [0.29, 0.717) is 18.1 Å². The average molecular weight is 383 g/mol. The van der Waals surface area contributed by atoms with Gasteiger partial charge in [0.15, 0.2) is 0 Å². The number of carbonyl (C=O) groups excluding carboxylic acids is 1. The number of piperidine rings is 1. The molecule has 0 unspecified atom stereocenters. The number of imidazole rings is 1. The molecule has 2 N–H and O–H groups in total. The molecule has 0 aliphatic carbocycles. The molecule has 140 valence electrons. The molecule has 2 heterocycles. The molecule has 1 aliphatic rings. The Labute approximate surface area is 163 Å². The van der Waals surface area contributed by atoms with Crippen molar-refractivity contribution in [3.63, 3.8) is 0 Å². The smallest absolute Gasteiger partial charge is 0.225 e. The Morgan fingerprint density at radius 2 is 2.11 bits per heavy atom. The number of rotatable bonds is 4. The van der Waals surface area contributed by atoms with E-state index in [9.17, 15) is 4.79 Å². The van der Waals surface area contributed by atoms with Gasteiger partial charge in [-0.25, -0.2) is 4.98 Å². The zero-order chi connectivity index (χ0) is 18.8. The Hall–Kier alpha value is -2.53. The first kappa shape index (κ1) is 17.9. The minimum Gasteiger partial charge on any atom is -0.352 e. The number of nitrogens with zero attached hydrogens (tertiary/aromatic N) is 2. The first-order chi connectivity index (χ1) is 13.1. The number of aromatic amines is 1. The van der Waals surface area contributed by atoms with Crippen molar-refractivity contribution in [3.05, 3.63) is 58.6 Å². The normalized spacial score (nSPS) is 17.3. The van der Waals surface area contributed by atoms with Gasteiger partial charge >= 0.3 is 0 Å². The lowest BCUT2D eigenvalue weighted by molar-refractivity contribution is -0.125. The van der Waals surface area contributed by atoms with Crippen LogP contribution in [0.2, 0.25) is 5.02 Å². The Bertz CT molecular complexity index is 950. The summed E-state index contributed by atoms with van der Waals surface area (Å²) >= 11 is 5.91. The van der Waals surface area contributed by atoms with Crippen molar-refractivity contribution in [2.24, 2.45) is 5.92 Å². The molecular weight excluding hydrogens is 360 g/mol. The van der Waals surface area contributed by atoms with Crippen LogP contribution in [0.15, 0.2) is 42.5 Å². The summed E-state index contributed by atoms with van der Waals surface area (Å²) in [5, 5.41) is 3.76. The van der Waals surface area contributed by atoms with Gasteiger partial charge in [0, 0.05) is 24.7 Å². The number of aryl methyl sites for hydroxylation is 1. The average Bonchev–Trinajstić information content (AvgIpc) is 3.10. The second-order valence-corrected chi connectivity index (χ2v) is 7.65. The minimum atomic E-state index is -0.0269. The van der Waals surface area contributed by atoms with Gasteiger partial charge in [0.25, 0.3) is 0 Å². The number of halogens is 1. The van der Waals surface area contributed by atoms with Crippen molar-refractivity contribution >= 4 is 34.5 Å². The number of amides is 1. The first-order valence-corrected chi connectivity index (χ1v) is 9.70. The lowest BCUT2D eigenvalue weighted by Gasteiger charge is -2.31. The molecule has 1 aliphatic heterocycles. The first-order valence-electron chi connectivity index (χ1n) is 9.32. The fraction of sp³-hybridized carbons (Fsp3) is 0.333. The number of hydrogen-bond donors (Lipinski definition) is 2. The molecule has 1 atom stereocenters. The van der Waals surface area contributed by atoms with E-state index >= 15 is 0 Å². The third-order valence-electron chi connectivity index (χ3n) is 5.10.